The van der Waals surface area contributed by atoms with Crippen molar-refractivity contribution in [3.05, 3.63) is 47.2 Å². The summed E-state index contributed by atoms with van der Waals surface area (Å²) < 4.78 is 13.0. The number of aliphatic hydroxyl groups excluding tert-OH is 1. The van der Waals surface area contributed by atoms with Gasteiger partial charge in [-0.25, -0.2) is 4.79 Å². The average molecular weight is 441 g/mol. The molecule has 2 saturated carbocycles. The molecule has 32 heavy (non-hydrogen) atoms. The van der Waals surface area contributed by atoms with Crippen LogP contribution in [0.2, 0.25) is 0 Å². The van der Waals surface area contributed by atoms with Crippen LogP contribution in [0.1, 0.15) is 96.5 Å². The van der Waals surface area contributed by atoms with E-state index < -0.39 is 11.2 Å². The molecule has 2 aliphatic carbocycles. The van der Waals surface area contributed by atoms with Gasteiger partial charge in [0, 0.05) is 6.42 Å². The van der Waals surface area contributed by atoms with E-state index in [4.69, 9.17) is 9.47 Å². The fourth-order valence-electron chi connectivity index (χ4n) is 6.35. The van der Waals surface area contributed by atoms with E-state index in [9.17, 15) is 9.90 Å². The highest BCUT2D eigenvalue weighted by molar-refractivity contribution is 5.92. The van der Waals surface area contributed by atoms with Gasteiger partial charge in [0.25, 0.3) is 0 Å². The molecule has 3 aliphatic rings. The van der Waals surface area contributed by atoms with Crippen LogP contribution in [0.5, 0.6) is 0 Å². The van der Waals surface area contributed by atoms with Crippen molar-refractivity contribution >= 4 is 5.97 Å². The predicted octanol–water partition coefficient (Wildman–Crippen LogP) is 6.83. The minimum Gasteiger partial charge on any atom is -0.511 e. The Hall–Kier alpha value is -1.81. The van der Waals surface area contributed by atoms with Crippen molar-refractivity contribution in [3.8, 4) is 0 Å². The number of esters is 1. The van der Waals surface area contributed by atoms with Gasteiger partial charge in [-0.1, -0.05) is 69.4 Å². The lowest BCUT2D eigenvalue weighted by molar-refractivity contribution is -0.169. The van der Waals surface area contributed by atoms with Gasteiger partial charge in [0.15, 0.2) is 0 Å². The van der Waals surface area contributed by atoms with Crippen molar-refractivity contribution in [1.29, 1.82) is 0 Å². The Labute approximate surface area is 193 Å². The molecule has 0 saturated heterocycles. The van der Waals surface area contributed by atoms with E-state index in [1.165, 1.54) is 18.4 Å². The molecule has 4 rings (SSSR count). The number of benzene rings is 1. The number of carbonyl (C=O) groups is 1. The molecule has 1 aromatic carbocycles. The van der Waals surface area contributed by atoms with Gasteiger partial charge in [0.05, 0.1) is 6.10 Å². The molecule has 176 valence electrons. The van der Waals surface area contributed by atoms with Gasteiger partial charge in [-0.15, -0.1) is 0 Å². The van der Waals surface area contributed by atoms with Gasteiger partial charge >= 0.3 is 5.97 Å². The third-order valence-corrected chi connectivity index (χ3v) is 8.05. The summed E-state index contributed by atoms with van der Waals surface area (Å²) in [6, 6.07) is 10.3. The maximum atomic E-state index is 13.6. The normalized spacial score (nSPS) is 27.0. The quantitative estimate of drug-likeness (QED) is 0.428. The second kappa shape index (κ2) is 9.99. The van der Waals surface area contributed by atoms with Crippen molar-refractivity contribution in [2.45, 2.75) is 115 Å². The highest BCUT2D eigenvalue weighted by Gasteiger charge is 2.52. The number of ether oxygens (including phenoxy) is 2. The number of hydrogen-bond acceptors (Lipinski definition) is 4. The van der Waals surface area contributed by atoms with Gasteiger partial charge in [-0.2, -0.15) is 0 Å². The van der Waals surface area contributed by atoms with Crippen LogP contribution in [0.25, 0.3) is 0 Å². The SMILES string of the molecule is CCCC1(CCc2ccccc2)CC(O)=C(C(C)(OC2CCCC2)C2CCCC2)C(=O)O1. The number of carbonyl (C=O) groups excluding carboxylic acids is 1. The number of rotatable bonds is 9. The van der Waals surface area contributed by atoms with Crippen LogP contribution >= 0.6 is 0 Å². The molecule has 1 N–H and O–H groups in total. The first kappa shape index (κ1) is 23.4. The zero-order valence-electron chi connectivity index (χ0n) is 19.9. The molecular formula is C28H40O4. The van der Waals surface area contributed by atoms with Crippen LogP contribution in [-0.2, 0) is 20.7 Å². The molecule has 1 aliphatic heterocycles. The molecule has 0 amide bonds. The van der Waals surface area contributed by atoms with Crippen LogP contribution in [0, 0.1) is 5.92 Å². The third-order valence-electron chi connectivity index (χ3n) is 8.05. The van der Waals surface area contributed by atoms with Gasteiger partial charge in [0.2, 0.25) is 0 Å². The highest BCUT2D eigenvalue weighted by atomic mass is 16.6. The molecule has 0 aromatic heterocycles. The molecule has 0 bridgehead atoms. The van der Waals surface area contributed by atoms with E-state index in [2.05, 4.69) is 19.1 Å². The maximum absolute atomic E-state index is 13.6. The maximum Gasteiger partial charge on any atom is 0.340 e. The molecule has 2 unspecified atom stereocenters. The minimum atomic E-state index is -0.759. The van der Waals surface area contributed by atoms with E-state index >= 15 is 0 Å². The lowest BCUT2D eigenvalue weighted by atomic mass is 9.76. The smallest absolute Gasteiger partial charge is 0.340 e. The molecule has 0 spiro atoms. The zero-order valence-corrected chi connectivity index (χ0v) is 19.9. The van der Waals surface area contributed by atoms with E-state index in [1.54, 1.807) is 0 Å². The Bertz CT molecular complexity index is 804. The first-order valence-electron chi connectivity index (χ1n) is 12.8. The third kappa shape index (κ3) is 4.90. The van der Waals surface area contributed by atoms with Crippen molar-refractivity contribution in [3.63, 3.8) is 0 Å². The van der Waals surface area contributed by atoms with Crippen molar-refractivity contribution in [1.82, 2.24) is 0 Å². The lowest BCUT2D eigenvalue weighted by Gasteiger charge is -2.44. The Morgan fingerprint density at radius 1 is 1.06 bits per heavy atom. The molecule has 0 radical (unpaired) electrons. The minimum absolute atomic E-state index is 0.175. The van der Waals surface area contributed by atoms with E-state index in [-0.39, 0.29) is 23.8 Å². The Kier molecular flexibility index (Phi) is 7.29. The Balaban J connectivity index is 1.60. The molecular weight excluding hydrogens is 400 g/mol. The zero-order chi connectivity index (χ0) is 22.6. The second-order valence-electron chi connectivity index (χ2n) is 10.4. The summed E-state index contributed by atoms with van der Waals surface area (Å²) >= 11 is 0. The average Bonchev–Trinajstić information content (AvgIpc) is 3.47. The monoisotopic (exact) mass is 440 g/mol. The molecule has 4 heteroatoms. The van der Waals surface area contributed by atoms with Gasteiger partial charge in [-0.05, 0) is 63.4 Å². The lowest BCUT2D eigenvalue weighted by Crippen LogP contribution is -2.50. The van der Waals surface area contributed by atoms with Crippen molar-refractivity contribution in [2.75, 3.05) is 0 Å². The standard InChI is InChI=1S/C28H40O4/c1-3-18-28(19-17-21-11-5-4-6-12-21)20-24(29)25(26(30)32-28)27(2,22-13-7-8-14-22)31-23-15-9-10-16-23/h4-6,11-12,22-23,29H,3,7-10,13-20H2,1-2H3. The summed E-state index contributed by atoms with van der Waals surface area (Å²) in [7, 11) is 0. The summed E-state index contributed by atoms with van der Waals surface area (Å²) in [6.07, 6.45) is 12.6. The Morgan fingerprint density at radius 2 is 1.72 bits per heavy atom. The summed E-state index contributed by atoms with van der Waals surface area (Å²) in [4.78, 5) is 13.6. The molecule has 4 nitrogen and oxygen atoms in total. The van der Waals surface area contributed by atoms with E-state index in [0.717, 1.165) is 64.2 Å². The molecule has 1 heterocycles. The second-order valence-corrected chi connectivity index (χ2v) is 10.4. The summed E-state index contributed by atoms with van der Waals surface area (Å²) in [5.74, 6) is 0.105. The van der Waals surface area contributed by atoms with Crippen molar-refractivity contribution < 1.29 is 19.4 Å². The number of aryl methyl sites for hydroxylation is 1. The Morgan fingerprint density at radius 3 is 2.34 bits per heavy atom. The largest absolute Gasteiger partial charge is 0.511 e. The predicted molar refractivity (Wildman–Crippen MR) is 126 cm³/mol. The van der Waals surface area contributed by atoms with Gasteiger partial charge in [0.1, 0.15) is 22.5 Å². The highest BCUT2D eigenvalue weighted by Crippen LogP contribution is 2.48. The fourth-order valence-corrected chi connectivity index (χ4v) is 6.35. The van der Waals surface area contributed by atoms with E-state index in [0.29, 0.717) is 12.0 Å². The van der Waals surface area contributed by atoms with Crippen LogP contribution in [0.15, 0.2) is 41.7 Å². The van der Waals surface area contributed by atoms with Gasteiger partial charge in [-0.3, -0.25) is 0 Å². The summed E-state index contributed by atoms with van der Waals surface area (Å²) in [5.41, 5.74) is 0.236. The molecule has 2 atom stereocenters. The number of cyclic esters (lactones) is 1. The number of hydrogen-bond donors (Lipinski definition) is 1. The molecule has 2 fully saturated rings. The van der Waals surface area contributed by atoms with Crippen LogP contribution in [0.4, 0.5) is 0 Å². The van der Waals surface area contributed by atoms with Crippen LogP contribution < -0.4 is 0 Å². The molecule has 1 aromatic rings. The summed E-state index contributed by atoms with van der Waals surface area (Å²) in [5, 5.41) is 11.4. The van der Waals surface area contributed by atoms with Crippen LogP contribution in [-0.4, -0.2) is 28.4 Å². The van der Waals surface area contributed by atoms with Crippen LogP contribution in [0.3, 0.4) is 0 Å². The van der Waals surface area contributed by atoms with Gasteiger partial charge < -0.3 is 14.6 Å². The summed E-state index contributed by atoms with van der Waals surface area (Å²) in [6.45, 7) is 4.16. The van der Waals surface area contributed by atoms with Crippen molar-refractivity contribution in [2.24, 2.45) is 5.92 Å². The van der Waals surface area contributed by atoms with E-state index in [1.807, 2.05) is 25.1 Å². The first-order chi connectivity index (χ1) is 15.5. The topological polar surface area (TPSA) is 55.8 Å². The fraction of sp³-hybridized carbons (Fsp3) is 0.679. The first-order valence-corrected chi connectivity index (χ1v) is 12.8. The number of aliphatic hydroxyl groups is 1.